The Labute approximate surface area is 81.0 Å². The highest BCUT2D eigenvalue weighted by Crippen LogP contribution is 2.10. The standard InChI is InChI=1S/C9H12F2N2O/c10-8(11)7-13(5-6-14)9-3-1-2-4-12-9/h1-4,8,14H,5-7H2. The van der Waals surface area contributed by atoms with Gasteiger partial charge in [0.15, 0.2) is 0 Å². The zero-order valence-electron chi connectivity index (χ0n) is 7.61. The number of hydrogen-bond acceptors (Lipinski definition) is 3. The van der Waals surface area contributed by atoms with E-state index in [0.29, 0.717) is 5.82 Å². The molecular weight excluding hydrogens is 190 g/mol. The van der Waals surface area contributed by atoms with Crippen molar-refractivity contribution in [2.75, 3.05) is 24.6 Å². The summed E-state index contributed by atoms with van der Waals surface area (Å²) in [6.07, 6.45) is -0.894. The Kier molecular flexibility index (Phi) is 4.25. The molecule has 1 aromatic rings. The van der Waals surface area contributed by atoms with Crippen LogP contribution in [0.2, 0.25) is 0 Å². The van der Waals surface area contributed by atoms with E-state index in [4.69, 9.17) is 5.11 Å². The van der Waals surface area contributed by atoms with Gasteiger partial charge in [-0.05, 0) is 12.1 Å². The van der Waals surface area contributed by atoms with Gasteiger partial charge >= 0.3 is 0 Å². The monoisotopic (exact) mass is 202 g/mol. The molecule has 1 heterocycles. The minimum Gasteiger partial charge on any atom is -0.395 e. The Morgan fingerprint density at radius 3 is 2.71 bits per heavy atom. The highest BCUT2D eigenvalue weighted by atomic mass is 19.3. The minimum atomic E-state index is -2.43. The molecule has 0 atom stereocenters. The number of alkyl halides is 2. The normalized spacial score (nSPS) is 10.6. The summed E-state index contributed by atoms with van der Waals surface area (Å²) in [5, 5.41) is 8.70. The molecule has 0 aliphatic carbocycles. The van der Waals surface area contributed by atoms with Gasteiger partial charge in [-0.3, -0.25) is 0 Å². The molecule has 14 heavy (non-hydrogen) atoms. The predicted molar refractivity (Wildman–Crippen MR) is 49.5 cm³/mol. The van der Waals surface area contributed by atoms with Crippen molar-refractivity contribution in [3.63, 3.8) is 0 Å². The van der Waals surface area contributed by atoms with E-state index >= 15 is 0 Å². The first kappa shape index (κ1) is 10.8. The summed E-state index contributed by atoms with van der Waals surface area (Å²) in [5.41, 5.74) is 0. The van der Waals surface area contributed by atoms with E-state index in [9.17, 15) is 8.78 Å². The van der Waals surface area contributed by atoms with Crippen LogP contribution in [-0.4, -0.2) is 36.2 Å². The highest BCUT2D eigenvalue weighted by Gasteiger charge is 2.12. The fourth-order valence-electron chi connectivity index (χ4n) is 1.13. The third-order valence-corrected chi connectivity index (χ3v) is 1.70. The number of aromatic nitrogens is 1. The van der Waals surface area contributed by atoms with Crippen LogP contribution in [0.3, 0.4) is 0 Å². The summed E-state index contributed by atoms with van der Waals surface area (Å²) in [7, 11) is 0. The van der Waals surface area contributed by atoms with Crippen molar-refractivity contribution in [1.29, 1.82) is 0 Å². The molecular formula is C9H12F2N2O. The molecule has 0 saturated heterocycles. The molecule has 0 radical (unpaired) electrons. The Hall–Kier alpha value is -1.23. The summed E-state index contributed by atoms with van der Waals surface area (Å²) >= 11 is 0. The summed E-state index contributed by atoms with van der Waals surface area (Å²) in [4.78, 5) is 5.28. The molecule has 0 aliphatic heterocycles. The Morgan fingerprint density at radius 1 is 1.43 bits per heavy atom. The molecule has 1 rings (SSSR count). The first-order chi connectivity index (χ1) is 6.74. The lowest BCUT2D eigenvalue weighted by atomic mass is 10.4. The fourth-order valence-corrected chi connectivity index (χ4v) is 1.13. The van der Waals surface area contributed by atoms with Crippen LogP contribution in [0.1, 0.15) is 0 Å². The third kappa shape index (κ3) is 3.26. The van der Waals surface area contributed by atoms with E-state index in [-0.39, 0.29) is 13.2 Å². The smallest absolute Gasteiger partial charge is 0.255 e. The number of halogens is 2. The molecule has 0 unspecified atom stereocenters. The van der Waals surface area contributed by atoms with E-state index < -0.39 is 13.0 Å². The van der Waals surface area contributed by atoms with E-state index in [2.05, 4.69) is 4.98 Å². The number of anilines is 1. The first-order valence-corrected chi connectivity index (χ1v) is 4.29. The van der Waals surface area contributed by atoms with Gasteiger partial charge in [0.25, 0.3) is 6.43 Å². The number of pyridine rings is 1. The molecule has 0 bridgehead atoms. The van der Waals surface area contributed by atoms with Gasteiger partial charge in [-0.25, -0.2) is 13.8 Å². The molecule has 78 valence electrons. The number of aliphatic hydroxyl groups excluding tert-OH is 1. The molecule has 0 aromatic carbocycles. The average Bonchev–Trinajstić information content (AvgIpc) is 2.18. The second-order valence-electron chi connectivity index (χ2n) is 2.75. The second kappa shape index (κ2) is 5.49. The van der Waals surface area contributed by atoms with E-state index in [1.165, 1.54) is 11.1 Å². The van der Waals surface area contributed by atoms with Crippen molar-refractivity contribution in [2.24, 2.45) is 0 Å². The van der Waals surface area contributed by atoms with Crippen LogP contribution in [-0.2, 0) is 0 Å². The Bertz CT molecular complexity index is 256. The fraction of sp³-hybridized carbons (Fsp3) is 0.444. The Balaban J connectivity index is 2.67. The van der Waals surface area contributed by atoms with Crippen molar-refractivity contribution in [2.45, 2.75) is 6.43 Å². The quantitative estimate of drug-likeness (QED) is 0.778. The van der Waals surface area contributed by atoms with E-state index in [1.807, 2.05) is 0 Å². The van der Waals surface area contributed by atoms with Crippen LogP contribution in [0, 0.1) is 0 Å². The zero-order valence-corrected chi connectivity index (χ0v) is 7.61. The zero-order chi connectivity index (χ0) is 10.4. The predicted octanol–water partition coefficient (Wildman–Crippen LogP) is 1.15. The molecule has 5 heteroatoms. The average molecular weight is 202 g/mol. The maximum absolute atomic E-state index is 12.1. The SMILES string of the molecule is OCCN(CC(F)F)c1ccccn1. The largest absolute Gasteiger partial charge is 0.395 e. The number of nitrogens with zero attached hydrogens (tertiary/aromatic N) is 2. The molecule has 0 saturated carbocycles. The van der Waals surface area contributed by atoms with Crippen molar-refractivity contribution in [3.8, 4) is 0 Å². The van der Waals surface area contributed by atoms with Crippen LogP contribution in [0.25, 0.3) is 0 Å². The minimum absolute atomic E-state index is 0.163. The van der Waals surface area contributed by atoms with Gasteiger partial charge in [0.2, 0.25) is 0 Å². The summed E-state index contributed by atoms with van der Waals surface area (Å²) in [5.74, 6) is 0.460. The number of rotatable bonds is 5. The van der Waals surface area contributed by atoms with Gasteiger partial charge in [-0.15, -0.1) is 0 Å². The maximum atomic E-state index is 12.1. The van der Waals surface area contributed by atoms with Crippen LogP contribution in [0.5, 0.6) is 0 Å². The lowest BCUT2D eigenvalue weighted by Gasteiger charge is -2.21. The second-order valence-corrected chi connectivity index (χ2v) is 2.75. The lowest BCUT2D eigenvalue weighted by molar-refractivity contribution is 0.152. The van der Waals surface area contributed by atoms with Crippen LogP contribution in [0.4, 0.5) is 14.6 Å². The summed E-state index contributed by atoms with van der Waals surface area (Å²) in [6, 6.07) is 5.07. The van der Waals surface area contributed by atoms with E-state index in [0.717, 1.165) is 0 Å². The molecule has 0 amide bonds. The maximum Gasteiger partial charge on any atom is 0.255 e. The summed E-state index contributed by atoms with van der Waals surface area (Å²) in [6.45, 7) is -0.401. The van der Waals surface area contributed by atoms with Crippen molar-refractivity contribution in [1.82, 2.24) is 4.98 Å². The molecule has 0 fully saturated rings. The molecule has 1 aromatic heterocycles. The first-order valence-electron chi connectivity index (χ1n) is 4.29. The third-order valence-electron chi connectivity index (χ3n) is 1.70. The van der Waals surface area contributed by atoms with Gasteiger partial charge in [0.1, 0.15) is 5.82 Å². The van der Waals surface area contributed by atoms with Crippen LogP contribution < -0.4 is 4.90 Å². The lowest BCUT2D eigenvalue weighted by Crippen LogP contribution is -2.32. The highest BCUT2D eigenvalue weighted by molar-refractivity contribution is 5.37. The van der Waals surface area contributed by atoms with Crippen molar-refractivity contribution < 1.29 is 13.9 Å². The molecule has 3 nitrogen and oxygen atoms in total. The summed E-state index contributed by atoms with van der Waals surface area (Å²) < 4.78 is 24.3. The van der Waals surface area contributed by atoms with Crippen molar-refractivity contribution >= 4 is 5.82 Å². The van der Waals surface area contributed by atoms with Gasteiger partial charge in [-0.1, -0.05) is 6.07 Å². The van der Waals surface area contributed by atoms with Crippen LogP contribution >= 0.6 is 0 Å². The van der Waals surface area contributed by atoms with Crippen LogP contribution in [0.15, 0.2) is 24.4 Å². The van der Waals surface area contributed by atoms with Gasteiger partial charge in [-0.2, -0.15) is 0 Å². The van der Waals surface area contributed by atoms with Gasteiger partial charge in [0.05, 0.1) is 13.2 Å². The topological polar surface area (TPSA) is 36.4 Å². The van der Waals surface area contributed by atoms with E-state index in [1.54, 1.807) is 18.2 Å². The molecule has 0 aliphatic rings. The van der Waals surface area contributed by atoms with Crippen molar-refractivity contribution in [3.05, 3.63) is 24.4 Å². The number of hydrogen-bond donors (Lipinski definition) is 1. The Morgan fingerprint density at radius 2 is 2.21 bits per heavy atom. The molecule has 1 N–H and O–H groups in total. The van der Waals surface area contributed by atoms with Gasteiger partial charge < -0.3 is 10.0 Å². The van der Waals surface area contributed by atoms with Gasteiger partial charge in [0, 0.05) is 12.7 Å². The molecule has 0 spiro atoms. The number of aliphatic hydroxyl groups is 1.